The molecule has 1 saturated carbocycles. The second-order valence-electron chi connectivity index (χ2n) is 6.43. The van der Waals surface area contributed by atoms with Crippen LogP contribution >= 0.6 is 0 Å². The van der Waals surface area contributed by atoms with Crippen LogP contribution < -0.4 is 11.5 Å². The summed E-state index contributed by atoms with van der Waals surface area (Å²) in [6.45, 7) is 0. The van der Waals surface area contributed by atoms with Crippen LogP contribution in [0.1, 0.15) is 37.3 Å². The van der Waals surface area contributed by atoms with E-state index in [1.54, 1.807) is 15.4 Å². The van der Waals surface area contributed by atoms with Gasteiger partial charge in [-0.3, -0.25) is 4.68 Å². The molecule has 1 aliphatic carbocycles. The van der Waals surface area contributed by atoms with Crippen LogP contribution in [0.4, 0.5) is 5.82 Å². The zero-order valence-electron chi connectivity index (χ0n) is 13.2. The minimum absolute atomic E-state index is 0.260. The van der Waals surface area contributed by atoms with Crippen molar-refractivity contribution in [3.05, 3.63) is 30.4 Å². The summed E-state index contributed by atoms with van der Waals surface area (Å²) in [5.41, 5.74) is 16.1. The second kappa shape index (κ2) is 5.34. The number of hydrogen-bond donors (Lipinski definition) is 2. The summed E-state index contributed by atoms with van der Waals surface area (Å²) in [6, 6.07) is 2.20. The predicted molar refractivity (Wildman–Crippen MR) is 88.8 cm³/mol. The summed E-state index contributed by atoms with van der Waals surface area (Å²) < 4.78 is 3.46. The van der Waals surface area contributed by atoms with Gasteiger partial charge in [0.15, 0.2) is 5.65 Å². The molecule has 120 valence electrons. The maximum Gasteiger partial charge on any atom is 0.165 e. The van der Waals surface area contributed by atoms with Crippen molar-refractivity contribution in [3.8, 4) is 11.1 Å². The van der Waals surface area contributed by atoms with Gasteiger partial charge in [-0.25, -0.2) is 4.98 Å². The van der Waals surface area contributed by atoms with E-state index < -0.39 is 0 Å². The third kappa shape index (κ3) is 2.46. The first-order chi connectivity index (χ1) is 11.1. The third-order valence-corrected chi connectivity index (χ3v) is 4.67. The van der Waals surface area contributed by atoms with Crippen molar-refractivity contribution in [1.29, 1.82) is 0 Å². The topological polar surface area (TPSA) is 100 Å². The number of fused-ring (bicyclic) bond motifs is 1. The van der Waals surface area contributed by atoms with Gasteiger partial charge in [-0.05, 0) is 19.3 Å². The Morgan fingerprint density at radius 3 is 2.83 bits per heavy atom. The standard InChI is InChI=1S/C16H21N7/c1-22-9-11(7-19-22)13-8-20-23-15(18)6-14(21-16(13)23)10-3-2-4-12(17)5-10/h6-10,12H,2-5,17-18H2,1H3. The summed E-state index contributed by atoms with van der Waals surface area (Å²) in [4.78, 5) is 4.87. The van der Waals surface area contributed by atoms with Crippen molar-refractivity contribution >= 4 is 11.5 Å². The monoisotopic (exact) mass is 311 g/mol. The summed E-state index contributed by atoms with van der Waals surface area (Å²) in [7, 11) is 1.89. The average Bonchev–Trinajstić information content (AvgIpc) is 3.13. The largest absolute Gasteiger partial charge is 0.384 e. The van der Waals surface area contributed by atoms with Crippen molar-refractivity contribution < 1.29 is 0 Å². The third-order valence-electron chi connectivity index (χ3n) is 4.67. The highest BCUT2D eigenvalue weighted by molar-refractivity contribution is 5.77. The molecule has 4 N–H and O–H groups in total. The molecule has 7 nitrogen and oxygen atoms in total. The molecule has 2 atom stereocenters. The molecule has 0 aliphatic heterocycles. The van der Waals surface area contributed by atoms with E-state index in [1.807, 2.05) is 25.5 Å². The lowest BCUT2D eigenvalue weighted by Gasteiger charge is -2.26. The highest BCUT2D eigenvalue weighted by Crippen LogP contribution is 2.33. The highest BCUT2D eigenvalue weighted by Gasteiger charge is 2.23. The maximum absolute atomic E-state index is 6.20. The van der Waals surface area contributed by atoms with Crippen molar-refractivity contribution in [1.82, 2.24) is 24.4 Å². The molecule has 3 aromatic rings. The molecule has 0 saturated heterocycles. The Labute approximate surface area is 134 Å². The lowest BCUT2D eigenvalue weighted by atomic mass is 9.84. The average molecular weight is 311 g/mol. The van der Waals surface area contributed by atoms with E-state index in [0.717, 1.165) is 48.2 Å². The van der Waals surface area contributed by atoms with Gasteiger partial charge in [0.1, 0.15) is 5.82 Å². The Balaban J connectivity index is 1.82. The Hall–Kier alpha value is -2.41. The summed E-state index contributed by atoms with van der Waals surface area (Å²) in [5, 5.41) is 8.60. The molecule has 0 bridgehead atoms. The summed E-state index contributed by atoms with van der Waals surface area (Å²) in [5.74, 6) is 0.988. The van der Waals surface area contributed by atoms with Crippen LogP contribution in [-0.2, 0) is 7.05 Å². The molecule has 23 heavy (non-hydrogen) atoms. The number of nitrogens with zero attached hydrogens (tertiary/aromatic N) is 5. The van der Waals surface area contributed by atoms with Gasteiger partial charge in [-0.2, -0.15) is 14.7 Å². The van der Waals surface area contributed by atoms with Crippen molar-refractivity contribution in [3.63, 3.8) is 0 Å². The lowest BCUT2D eigenvalue weighted by Crippen LogP contribution is -2.27. The lowest BCUT2D eigenvalue weighted by molar-refractivity contribution is 0.388. The molecule has 7 heteroatoms. The summed E-state index contributed by atoms with van der Waals surface area (Å²) >= 11 is 0. The molecule has 3 heterocycles. The zero-order valence-corrected chi connectivity index (χ0v) is 13.2. The Kier molecular flexibility index (Phi) is 3.30. The predicted octanol–water partition coefficient (Wildman–Crippen LogP) is 1.70. The molecule has 1 aliphatic rings. The molecular weight excluding hydrogens is 290 g/mol. The van der Waals surface area contributed by atoms with Crippen molar-refractivity contribution in [2.24, 2.45) is 12.8 Å². The van der Waals surface area contributed by atoms with Gasteiger partial charge in [0.2, 0.25) is 0 Å². The quantitative estimate of drug-likeness (QED) is 0.750. The second-order valence-corrected chi connectivity index (χ2v) is 6.43. The van der Waals surface area contributed by atoms with Gasteiger partial charge in [0, 0.05) is 48.1 Å². The Bertz CT molecular complexity index is 847. The van der Waals surface area contributed by atoms with Crippen LogP contribution in [-0.4, -0.2) is 30.4 Å². The summed E-state index contributed by atoms with van der Waals surface area (Å²) in [6.07, 6.45) is 9.91. The van der Waals surface area contributed by atoms with Gasteiger partial charge < -0.3 is 11.5 Å². The normalized spacial score (nSPS) is 21.8. The van der Waals surface area contributed by atoms with E-state index >= 15 is 0 Å². The van der Waals surface area contributed by atoms with Crippen molar-refractivity contribution in [2.75, 3.05) is 5.73 Å². The number of nitrogens with two attached hydrogens (primary N) is 2. The van der Waals surface area contributed by atoms with Crippen LogP contribution in [0.15, 0.2) is 24.7 Å². The SMILES string of the molecule is Cn1cc(-c2cnn3c(N)cc(C4CCCC(N)C4)nc23)cn1. The van der Waals surface area contributed by atoms with E-state index in [4.69, 9.17) is 16.5 Å². The van der Waals surface area contributed by atoms with E-state index in [9.17, 15) is 0 Å². The molecule has 4 rings (SSSR count). The zero-order chi connectivity index (χ0) is 16.0. The minimum Gasteiger partial charge on any atom is -0.384 e. The molecule has 3 aromatic heterocycles. The van der Waals surface area contributed by atoms with Gasteiger partial charge in [-0.15, -0.1) is 0 Å². The highest BCUT2D eigenvalue weighted by atomic mass is 15.3. The number of anilines is 1. The molecule has 0 aromatic carbocycles. The van der Waals surface area contributed by atoms with Crippen LogP contribution in [0.2, 0.25) is 0 Å². The minimum atomic E-state index is 0.260. The van der Waals surface area contributed by atoms with Crippen LogP contribution in [0.25, 0.3) is 16.8 Å². The van der Waals surface area contributed by atoms with Gasteiger partial charge >= 0.3 is 0 Å². The Morgan fingerprint density at radius 1 is 1.22 bits per heavy atom. The van der Waals surface area contributed by atoms with E-state index in [-0.39, 0.29) is 6.04 Å². The maximum atomic E-state index is 6.20. The van der Waals surface area contributed by atoms with Crippen molar-refractivity contribution in [2.45, 2.75) is 37.6 Å². The van der Waals surface area contributed by atoms with Crippen LogP contribution in [0, 0.1) is 0 Å². The molecule has 0 radical (unpaired) electrons. The fraction of sp³-hybridized carbons (Fsp3) is 0.438. The van der Waals surface area contributed by atoms with E-state index in [0.29, 0.717) is 11.7 Å². The number of nitrogen functional groups attached to an aromatic ring is 1. The molecular formula is C16H21N7. The van der Waals surface area contributed by atoms with Gasteiger partial charge in [0.25, 0.3) is 0 Å². The molecule has 2 unspecified atom stereocenters. The first kappa shape index (κ1) is 14.2. The Morgan fingerprint density at radius 2 is 2.09 bits per heavy atom. The molecule has 0 spiro atoms. The van der Waals surface area contributed by atoms with E-state index in [2.05, 4.69) is 10.2 Å². The van der Waals surface area contributed by atoms with Crippen LogP contribution in [0.5, 0.6) is 0 Å². The smallest absolute Gasteiger partial charge is 0.165 e. The first-order valence-corrected chi connectivity index (χ1v) is 8.00. The van der Waals surface area contributed by atoms with Gasteiger partial charge in [-0.1, -0.05) is 6.42 Å². The fourth-order valence-electron chi connectivity index (χ4n) is 3.48. The fourth-order valence-corrected chi connectivity index (χ4v) is 3.48. The number of aryl methyl sites for hydroxylation is 1. The first-order valence-electron chi connectivity index (χ1n) is 8.00. The number of aromatic nitrogens is 5. The number of hydrogen-bond acceptors (Lipinski definition) is 5. The van der Waals surface area contributed by atoms with Gasteiger partial charge in [0.05, 0.1) is 12.4 Å². The van der Waals surface area contributed by atoms with E-state index in [1.165, 1.54) is 0 Å². The number of rotatable bonds is 2. The molecule has 0 amide bonds. The van der Waals surface area contributed by atoms with Crippen LogP contribution in [0.3, 0.4) is 0 Å². The molecule has 1 fully saturated rings.